The van der Waals surface area contributed by atoms with Crippen LogP contribution in [0, 0.1) is 18.7 Å². The number of cyclic esters (lactones) is 1. The number of hydrogen-bond acceptors (Lipinski definition) is 23. The van der Waals surface area contributed by atoms with Gasteiger partial charge in [0.1, 0.15) is 37.2 Å². The van der Waals surface area contributed by atoms with Gasteiger partial charge in [-0.3, -0.25) is 96.0 Å². The van der Waals surface area contributed by atoms with Crippen molar-refractivity contribution in [2.75, 3.05) is 154 Å². The Kier molecular flexibility index (Phi) is 32.9. The number of anilines is 1. The van der Waals surface area contributed by atoms with E-state index >= 15 is 4.39 Å². The number of alkyl carbamates (subject to hydrolysis) is 1. The summed E-state index contributed by atoms with van der Waals surface area (Å²) in [5.41, 5.74) is 5.27. The minimum Gasteiger partial charge on any atom is -0.460 e. The number of nitrogens with zero attached hydrogens (tertiary/aromatic N) is 13. The van der Waals surface area contributed by atoms with Crippen LogP contribution in [0.5, 0.6) is 0 Å². The third-order valence-corrected chi connectivity index (χ3v) is 22.0. The maximum atomic E-state index is 15.5. The number of likely N-dealkylation sites (N-methyl/N-ethyl adjacent to an activating group) is 10. The fourth-order valence-corrected chi connectivity index (χ4v) is 14.0. The first kappa shape index (κ1) is 96.9. The van der Waals surface area contributed by atoms with Crippen LogP contribution in [0.1, 0.15) is 111 Å². The summed E-state index contributed by atoms with van der Waals surface area (Å²) >= 11 is 0. The van der Waals surface area contributed by atoms with Gasteiger partial charge in [0, 0.05) is 132 Å². The van der Waals surface area contributed by atoms with E-state index < -0.39 is 214 Å². The molecule has 125 heavy (non-hydrogen) atoms. The molecule has 4 aliphatic rings. The SMILES string of the molecule is CC[C@H]1C(=O)OCc2c1cc1n(c2=O)Cc2c-1nc1cc(F)c(C)c3c1c2[C@@H](NC(=O)OCc1ccc(NC(=O)[C@H](C)NC(=O)[C@@H](NC(=O)CC[C@@H](NC(=O)CN(C)C(=O)CN(C)C(=O)CN(C)C(=O)CN(C)C(=O)CN(C)C(=O)CN(C)C(=O)CN(C)C(=O)CN(C)C(=O)CN(C)C(=O)CN(C)C(C)=O)C(=O)NCCN2C(=O)C=CC2=O)C(C)C)cc1)CC3. The first-order chi connectivity index (χ1) is 58.8. The van der Waals surface area contributed by atoms with Gasteiger partial charge in [0.05, 0.1) is 106 Å². The Labute approximate surface area is 719 Å². The van der Waals surface area contributed by atoms with E-state index in [0.29, 0.717) is 80.6 Å². The molecule has 2 aromatic carbocycles. The van der Waals surface area contributed by atoms with Crippen molar-refractivity contribution >= 4 is 129 Å². The predicted octanol–water partition coefficient (Wildman–Crippen LogP) is -2.17. The molecule has 3 aliphatic heterocycles. The summed E-state index contributed by atoms with van der Waals surface area (Å²) in [6, 6.07) is 4.89. The van der Waals surface area contributed by atoms with Gasteiger partial charge >= 0.3 is 12.1 Å². The molecule has 5 heterocycles. The fourth-order valence-electron chi connectivity index (χ4n) is 14.0. The lowest BCUT2D eigenvalue weighted by Gasteiger charge is -2.29. The summed E-state index contributed by atoms with van der Waals surface area (Å²) in [4.78, 5) is 279. The van der Waals surface area contributed by atoms with Gasteiger partial charge in [0.15, 0.2) is 0 Å². The number of amides is 18. The molecular formula is C83H108FN19O22. The van der Waals surface area contributed by atoms with Crippen molar-refractivity contribution in [1.29, 1.82) is 0 Å². The normalized spacial score (nSPS) is 14.6. The number of ether oxygens (including phenoxy) is 2. The van der Waals surface area contributed by atoms with Crippen LogP contribution in [0.15, 0.2) is 53.3 Å². The molecule has 42 heteroatoms. The monoisotopic (exact) mass is 1740 g/mol. The first-order valence-electron chi connectivity index (χ1n) is 40.3. The maximum Gasteiger partial charge on any atom is 0.407 e. The smallest absolute Gasteiger partial charge is 0.407 e. The second kappa shape index (κ2) is 42.5. The molecule has 41 nitrogen and oxygen atoms in total. The standard InChI is InChI=1S/C83H108FN19O22/c1-17-51-53-30-60-77-54(32-103(60)81(121)55(53)44-124-82(51)122)75-57(23-22-52-46(4)56(84)31-59(89-77)74(52)75)90-83(123)125-43-49-18-20-50(21-19-49)87-78(118)47(5)86-80(120)76(45(2)3)91-61(105)25-24-58(79(119)85-28-29-102-63(107)26-27-64(102)108)88-62(106)33-93(8)66(110)35-95(10)68(112)37-97(12)70(114)39-99(14)72(116)41-101(16)73(117)42-100(15)71(115)40-98(13)69(113)38-96(11)67(111)36-94(9)65(109)34-92(7)48(6)104/h18-21,26-27,30-31,45,47,51,57-58,76H,17,22-25,28-29,32-44H2,1-16H3,(H,85,119)(H,86,120)(H,87,118)(H,88,106)(H,90,123)(H,91,105)/t47-,51+,57-,58+,76-/m0/s1. The van der Waals surface area contributed by atoms with E-state index in [1.807, 2.05) is 6.92 Å². The molecule has 8 rings (SSSR count). The summed E-state index contributed by atoms with van der Waals surface area (Å²) in [5, 5.41) is 16.6. The third-order valence-electron chi connectivity index (χ3n) is 22.0. The Morgan fingerprint density at radius 1 is 0.584 bits per heavy atom. The second-order valence-electron chi connectivity index (χ2n) is 31.9. The summed E-state index contributed by atoms with van der Waals surface area (Å²) in [5.74, 6) is -13.8. The maximum absolute atomic E-state index is 15.5. The number of benzene rings is 2. The number of nitrogens with one attached hydrogen (secondary N) is 6. The number of carbonyl (C=O) groups is 19. The number of rotatable bonds is 38. The highest BCUT2D eigenvalue weighted by molar-refractivity contribution is 6.13. The van der Waals surface area contributed by atoms with Gasteiger partial charge in [0.25, 0.3) is 17.4 Å². The van der Waals surface area contributed by atoms with Gasteiger partial charge in [-0.25, -0.2) is 14.2 Å². The van der Waals surface area contributed by atoms with Crippen LogP contribution >= 0.6 is 0 Å². The van der Waals surface area contributed by atoms with Crippen molar-refractivity contribution in [1.82, 2.24) is 90.0 Å². The van der Waals surface area contributed by atoms with Crippen molar-refractivity contribution in [3.05, 3.63) is 104 Å². The molecule has 1 aliphatic carbocycles. The van der Waals surface area contributed by atoms with Gasteiger partial charge in [-0.05, 0) is 91.5 Å². The minimum atomic E-state index is -1.50. The van der Waals surface area contributed by atoms with E-state index in [1.54, 1.807) is 55.7 Å². The Morgan fingerprint density at radius 3 is 1.54 bits per heavy atom. The number of fused-ring (bicyclic) bond motifs is 5. The van der Waals surface area contributed by atoms with Crippen LogP contribution in [-0.2, 0) is 122 Å². The first-order valence-corrected chi connectivity index (χ1v) is 40.3. The number of carbonyl (C=O) groups excluding carboxylic acids is 19. The highest BCUT2D eigenvalue weighted by Gasteiger charge is 2.40. The van der Waals surface area contributed by atoms with Crippen LogP contribution in [0.25, 0.3) is 22.3 Å². The molecule has 6 N–H and O–H groups in total. The van der Waals surface area contributed by atoms with Crippen LogP contribution in [0.4, 0.5) is 14.9 Å². The molecule has 0 saturated heterocycles. The summed E-state index contributed by atoms with van der Waals surface area (Å²) < 4.78 is 28.2. The van der Waals surface area contributed by atoms with Crippen LogP contribution in [-0.4, -0.2) is 343 Å². The van der Waals surface area contributed by atoms with Gasteiger partial charge in [-0.2, -0.15) is 0 Å². The molecular weight excluding hydrogens is 1630 g/mol. The van der Waals surface area contributed by atoms with Crippen LogP contribution < -0.4 is 37.5 Å². The van der Waals surface area contributed by atoms with Crippen molar-refractivity contribution in [3.8, 4) is 11.4 Å². The summed E-state index contributed by atoms with van der Waals surface area (Å²) in [6.07, 6.45) is 1.60. The lowest BCUT2D eigenvalue weighted by molar-refractivity contribution is -0.148. The number of halogens is 1. The lowest BCUT2D eigenvalue weighted by Crippen LogP contribution is -2.54. The number of pyridine rings is 2. The number of aryl methyl sites for hydroxylation is 1. The lowest BCUT2D eigenvalue weighted by atomic mass is 9.81. The van der Waals surface area contributed by atoms with E-state index in [9.17, 15) is 95.9 Å². The average molecular weight is 1740 g/mol. The number of hydrogen-bond donors (Lipinski definition) is 6. The van der Waals surface area contributed by atoms with Gasteiger partial charge in [-0.15, -0.1) is 0 Å². The molecule has 0 bridgehead atoms. The molecule has 5 atom stereocenters. The number of imide groups is 1. The number of esters is 1. The van der Waals surface area contributed by atoms with E-state index in [0.717, 1.165) is 66.7 Å². The fraction of sp³-hybridized carbons (Fsp3) is 0.506. The molecule has 4 aromatic rings. The minimum absolute atomic E-state index is 0.110. The van der Waals surface area contributed by atoms with Gasteiger partial charge < -0.3 is 94.9 Å². The highest BCUT2D eigenvalue weighted by atomic mass is 19.1. The Bertz CT molecular complexity index is 5050. The molecule has 0 unspecified atom stereocenters. The largest absolute Gasteiger partial charge is 0.460 e. The second-order valence-corrected chi connectivity index (χ2v) is 31.9. The van der Waals surface area contributed by atoms with E-state index in [4.69, 9.17) is 14.5 Å². The zero-order valence-corrected chi connectivity index (χ0v) is 72.9. The summed E-state index contributed by atoms with van der Waals surface area (Å²) in [7, 11) is 13.0. The molecule has 0 spiro atoms. The van der Waals surface area contributed by atoms with E-state index in [2.05, 4.69) is 31.9 Å². The van der Waals surface area contributed by atoms with Gasteiger partial charge in [-0.1, -0.05) is 32.9 Å². The third kappa shape index (κ3) is 24.7. The Hall–Kier alpha value is -13.6. The Morgan fingerprint density at radius 2 is 1.06 bits per heavy atom. The van der Waals surface area contributed by atoms with Crippen molar-refractivity contribution < 1.29 is 105 Å². The topological polar surface area (TPSA) is 486 Å². The van der Waals surface area contributed by atoms with E-state index in [1.165, 1.54) is 95.3 Å². The predicted molar refractivity (Wildman–Crippen MR) is 444 cm³/mol. The molecule has 0 saturated carbocycles. The molecule has 0 fully saturated rings. The Balaban J connectivity index is 0.765. The van der Waals surface area contributed by atoms with E-state index in [-0.39, 0.29) is 57.4 Å². The molecule has 0 radical (unpaired) electrons. The van der Waals surface area contributed by atoms with Crippen LogP contribution in [0.2, 0.25) is 0 Å². The quantitative estimate of drug-likeness (QED) is 0.0181. The van der Waals surface area contributed by atoms with Crippen LogP contribution in [0.3, 0.4) is 0 Å². The summed E-state index contributed by atoms with van der Waals surface area (Å²) in [6.45, 7) is 3.50. The number of aromatic nitrogens is 2. The zero-order valence-electron chi connectivity index (χ0n) is 72.9. The molecule has 674 valence electrons. The average Bonchev–Trinajstić information content (AvgIpc) is 1.58. The molecule has 2 aromatic heterocycles. The van der Waals surface area contributed by atoms with Crippen molar-refractivity contribution in [3.63, 3.8) is 0 Å². The zero-order chi connectivity index (χ0) is 92.6. The molecule has 18 amide bonds. The highest BCUT2D eigenvalue weighted by Crippen LogP contribution is 2.46. The van der Waals surface area contributed by atoms with Gasteiger partial charge in [0.2, 0.25) is 88.6 Å². The van der Waals surface area contributed by atoms with Crippen molar-refractivity contribution in [2.45, 2.75) is 123 Å². The van der Waals surface area contributed by atoms with Crippen molar-refractivity contribution in [2.24, 2.45) is 5.92 Å².